The summed E-state index contributed by atoms with van der Waals surface area (Å²) in [6, 6.07) is 0. The molecule has 1 N–H and O–H groups in total. The van der Waals surface area contributed by atoms with E-state index in [0.29, 0.717) is 29.3 Å². The van der Waals surface area contributed by atoms with Crippen LogP contribution in [0.2, 0.25) is 0 Å². The van der Waals surface area contributed by atoms with Crippen LogP contribution in [0.15, 0.2) is 34.4 Å². The number of nitrogens with zero attached hydrogens (tertiary/aromatic N) is 17. The first-order valence-electron chi connectivity index (χ1n) is 21.4. The van der Waals surface area contributed by atoms with Gasteiger partial charge in [-0.15, -0.1) is 22.3 Å². The summed E-state index contributed by atoms with van der Waals surface area (Å²) in [5.41, 5.74) is 5.18. The molecule has 4 aromatic rings. The predicted molar refractivity (Wildman–Crippen MR) is 268 cm³/mol. The predicted octanol–water partition coefficient (Wildman–Crippen LogP) is 7.03. The maximum absolute atomic E-state index is 5.06. The van der Waals surface area contributed by atoms with E-state index in [9.17, 15) is 0 Å². The summed E-state index contributed by atoms with van der Waals surface area (Å²) in [5.74, 6) is 7.05. The number of rotatable bonds is 0. The largest absolute Gasteiger partial charge is 0.478 e. The molecule has 0 saturated heterocycles. The standard InChI is InChI=1S/C6H12N2.C5H10N2O.C5H10N2S.C5H10N2.C4H8N2O.2C4H6N2O.2C4H6N2S/c1-6-4-3-5-8(2)7-6;2*1-5-6-7(2)3-4-8-5;1-5-3-4-7(2)6-5;5*1-3-5-4(2)7-6-3/h3-5H2,1-2H3;2*3-4H2,1-2H3;3-4H2,1-2H3;3,6H,1-2H3;4*1-2H3. The van der Waals surface area contributed by atoms with Gasteiger partial charge < -0.3 is 23.6 Å². The Morgan fingerprint density at radius 2 is 1.05 bits per heavy atom. The van der Waals surface area contributed by atoms with E-state index in [2.05, 4.69) is 92.8 Å². The van der Waals surface area contributed by atoms with Gasteiger partial charge in [0.1, 0.15) is 34.4 Å². The summed E-state index contributed by atoms with van der Waals surface area (Å²) in [6.45, 7) is 31.5. The third-order valence-electron chi connectivity index (χ3n) is 7.84. The molecule has 25 heteroatoms. The van der Waals surface area contributed by atoms with E-state index in [4.69, 9.17) is 9.57 Å². The van der Waals surface area contributed by atoms with Gasteiger partial charge in [-0.2, -0.15) is 34.0 Å². The van der Waals surface area contributed by atoms with Crippen LogP contribution in [0.1, 0.15) is 106 Å². The Morgan fingerprint density at radius 1 is 0.545 bits per heavy atom. The smallest absolute Gasteiger partial charge is 0.223 e. The van der Waals surface area contributed by atoms with Crippen molar-refractivity contribution in [2.45, 2.75) is 122 Å². The van der Waals surface area contributed by atoms with E-state index in [1.807, 2.05) is 115 Å². The lowest BCUT2D eigenvalue weighted by Gasteiger charge is -2.19. The number of nitrogens with one attached hydrogen (secondary N) is 1. The maximum Gasteiger partial charge on any atom is 0.223 e. The Hall–Kier alpha value is -5.14. The zero-order valence-corrected chi connectivity index (χ0v) is 44.9. The fraction of sp³-hybridized carbons (Fsp3) is 0.683. The van der Waals surface area contributed by atoms with Gasteiger partial charge in [0.25, 0.3) is 0 Å². The highest BCUT2D eigenvalue weighted by atomic mass is 32.2. The van der Waals surface area contributed by atoms with Crippen molar-refractivity contribution in [2.24, 2.45) is 25.4 Å². The minimum Gasteiger partial charge on any atom is -0.478 e. The number of hydrazone groups is 4. The van der Waals surface area contributed by atoms with E-state index in [1.165, 1.54) is 58.1 Å². The molecule has 0 saturated carbocycles. The van der Waals surface area contributed by atoms with E-state index in [1.54, 1.807) is 27.7 Å². The van der Waals surface area contributed by atoms with Gasteiger partial charge in [0.15, 0.2) is 11.6 Å². The second-order valence-corrected chi connectivity index (χ2v) is 18.2. The number of hydrogen-bond acceptors (Lipinski definition) is 25. The van der Waals surface area contributed by atoms with Gasteiger partial charge in [0.2, 0.25) is 23.6 Å². The molecule has 0 spiro atoms. The van der Waals surface area contributed by atoms with Crippen molar-refractivity contribution in [1.29, 1.82) is 0 Å². The van der Waals surface area contributed by atoms with E-state index in [-0.39, 0.29) is 6.17 Å². The maximum atomic E-state index is 5.06. The molecular weight excluding hydrogens is 905 g/mol. The number of ether oxygens (including phenoxy) is 1. The van der Waals surface area contributed by atoms with Crippen LogP contribution in [0.4, 0.5) is 0 Å². The van der Waals surface area contributed by atoms with Crippen LogP contribution in [0.3, 0.4) is 0 Å². The zero-order chi connectivity index (χ0) is 49.6. The lowest BCUT2D eigenvalue weighted by molar-refractivity contribution is 0.184. The lowest BCUT2D eigenvalue weighted by atomic mass is 10.2. The quantitative estimate of drug-likeness (QED) is 0.186. The Labute approximate surface area is 404 Å². The van der Waals surface area contributed by atoms with E-state index < -0.39 is 0 Å². The minimum atomic E-state index is 0.139. The van der Waals surface area contributed by atoms with Crippen molar-refractivity contribution in [2.75, 3.05) is 66.7 Å². The number of hydrogen-bond donors (Lipinski definition) is 1. The molecule has 0 fully saturated rings. The van der Waals surface area contributed by atoms with Crippen LogP contribution < -0.4 is 5.48 Å². The van der Waals surface area contributed by atoms with Gasteiger partial charge in [-0.05, 0) is 105 Å². The molecule has 0 amide bonds. The molecule has 0 aliphatic carbocycles. The number of hydroxylamine groups is 1. The highest BCUT2D eigenvalue weighted by Gasteiger charge is 2.07. The summed E-state index contributed by atoms with van der Waals surface area (Å²) in [5, 5.41) is 34.7. The Morgan fingerprint density at radius 3 is 1.24 bits per heavy atom. The molecule has 5 aliphatic rings. The fourth-order valence-corrected chi connectivity index (χ4v) is 6.86. The summed E-state index contributed by atoms with van der Waals surface area (Å²) in [6.07, 6.45) is 3.74. The monoisotopic (exact) mass is 979 g/mol. The molecule has 0 radical (unpaired) electrons. The zero-order valence-electron chi connectivity index (χ0n) is 42.4. The van der Waals surface area contributed by atoms with Crippen LogP contribution in [-0.2, 0) is 9.57 Å². The average molecular weight is 979 g/mol. The van der Waals surface area contributed by atoms with Crippen molar-refractivity contribution in [1.82, 2.24) is 64.5 Å². The van der Waals surface area contributed by atoms with Gasteiger partial charge in [0.05, 0.1) is 11.6 Å². The van der Waals surface area contributed by atoms with Crippen LogP contribution in [0, 0.1) is 55.4 Å². The first-order valence-corrected chi connectivity index (χ1v) is 24.0. The van der Waals surface area contributed by atoms with Crippen molar-refractivity contribution < 1.29 is 18.6 Å². The summed E-state index contributed by atoms with van der Waals surface area (Å²) in [4.78, 5) is 24.4. The molecule has 66 heavy (non-hydrogen) atoms. The highest BCUT2D eigenvalue weighted by Crippen LogP contribution is 2.10. The summed E-state index contributed by atoms with van der Waals surface area (Å²) >= 11 is 4.72. The second-order valence-electron chi connectivity index (χ2n) is 15.0. The molecule has 1 atom stereocenters. The minimum absolute atomic E-state index is 0.139. The van der Waals surface area contributed by atoms with Crippen LogP contribution in [0.25, 0.3) is 0 Å². The van der Waals surface area contributed by atoms with Gasteiger partial charge >= 0.3 is 0 Å². The van der Waals surface area contributed by atoms with Crippen molar-refractivity contribution in [3.63, 3.8) is 0 Å². The Balaban J connectivity index is 0.000000371. The molecule has 9 heterocycles. The molecule has 4 aromatic heterocycles. The molecular formula is C41H74N18O4S3. The summed E-state index contributed by atoms with van der Waals surface area (Å²) in [7, 11) is 7.95. The van der Waals surface area contributed by atoms with Gasteiger partial charge in [-0.1, -0.05) is 10.3 Å². The first kappa shape index (κ1) is 58.9. The van der Waals surface area contributed by atoms with Gasteiger partial charge in [-0.25, -0.2) is 15.0 Å². The van der Waals surface area contributed by atoms with Crippen molar-refractivity contribution in [3.05, 3.63) is 45.1 Å². The fourth-order valence-electron chi connectivity index (χ4n) is 5.06. The van der Waals surface area contributed by atoms with Crippen molar-refractivity contribution >= 4 is 63.1 Å². The third-order valence-corrected chi connectivity index (χ3v) is 10.2. The third kappa shape index (κ3) is 31.7. The molecule has 0 bridgehead atoms. The van der Waals surface area contributed by atoms with Gasteiger partial charge in [0, 0.05) is 99.1 Å². The van der Waals surface area contributed by atoms with Crippen LogP contribution >= 0.6 is 34.8 Å². The van der Waals surface area contributed by atoms with E-state index in [0.717, 1.165) is 66.8 Å². The lowest BCUT2D eigenvalue weighted by Crippen LogP contribution is -2.25. The average Bonchev–Trinajstić information content (AvgIpc) is 4.12. The highest BCUT2D eigenvalue weighted by molar-refractivity contribution is 8.13. The Kier molecular flexibility index (Phi) is 29.7. The second kappa shape index (κ2) is 33.3. The van der Waals surface area contributed by atoms with Crippen LogP contribution in [0.5, 0.6) is 0 Å². The summed E-state index contributed by atoms with van der Waals surface area (Å²) < 4.78 is 22.2. The first-order chi connectivity index (χ1) is 31.1. The van der Waals surface area contributed by atoms with E-state index >= 15 is 0 Å². The molecule has 9 rings (SSSR count). The normalized spacial score (nSPS) is 16.7. The number of aryl methyl sites for hydroxylation is 8. The number of likely N-dealkylation sites (N-methyl/N-ethyl adjacent to an activating group) is 1. The number of aliphatic imine (C=N–C) groups is 1. The molecule has 0 aromatic carbocycles. The SMILES string of the molecule is CC1=NC(C)NO1.CC1=NN(C)CC1.CC1=NN(C)CCC1.CC1=NN(C)CCO1.CC1=NN(C)CCS1.Cc1noc(C)n1.Cc1noc(C)n1.Cc1nsc(C)n1.Cc1nsc(C)n1. The number of thioether (sulfide) groups is 1. The molecule has 1 unspecified atom stereocenters. The topological polar surface area (TPSA) is 235 Å². The van der Waals surface area contributed by atoms with Gasteiger partial charge in [-0.3, -0.25) is 15.0 Å². The molecule has 370 valence electrons. The number of aromatic nitrogens is 8. The van der Waals surface area contributed by atoms with Crippen molar-refractivity contribution in [3.8, 4) is 0 Å². The van der Waals surface area contributed by atoms with Crippen LogP contribution in [-0.4, -0.2) is 160 Å². The Bertz CT molecular complexity index is 1770. The molecule has 22 nitrogen and oxygen atoms in total. The molecule has 5 aliphatic heterocycles.